The minimum Gasteiger partial charge on any atom is -0.383 e. The standard InChI is InChI=1S/C10H17N5O3/c1-15(6-9(16)12-3-4-18-2)10(17)7-5-8(11)14-13-7/h5H,3-4,6H2,1-2H3,(H,12,16)(H3,11,13,14). The van der Waals surface area contributed by atoms with Gasteiger partial charge in [-0.25, -0.2) is 0 Å². The van der Waals surface area contributed by atoms with E-state index in [-0.39, 0.29) is 29.9 Å². The Labute approximate surface area is 104 Å². The van der Waals surface area contributed by atoms with E-state index in [4.69, 9.17) is 10.5 Å². The number of nitrogens with zero attached hydrogens (tertiary/aromatic N) is 2. The minimum absolute atomic E-state index is 0.0402. The summed E-state index contributed by atoms with van der Waals surface area (Å²) in [7, 11) is 3.07. The van der Waals surface area contributed by atoms with Gasteiger partial charge in [0.2, 0.25) is 5.91 Å². The molecule has 100 valence electrons. The van der Waals surface area contributed by atoms with E-state index >= 15 is 0 Å². The van der Waals surface area contributed by atoms with Crippen LogP contribution in [0.15, 0.2) is 6.07 Å². The summed E-state index contributed by atoms with van der Waals surface area (Å²) >= 11 is 0. The second-order valence-electron chi connectivity index (χ2n) is 3.71. The first-order valence-electron chi connectivity index (χ1n) is 5.36. The van der Waals surface area contributed by atoms with Gasteiger partial charge in [-0.15, -0.1) is 0 Å². The van der Waals surface area contributed by atoms with Crippen molar-refractivity contribution in [3.63, 3.8) is 0 Å². The van der Waals surface area contributed by atoms with E-state index in [1.807, 2.05) is 0 Å². The number of methoxy groups -OCH3 is 1. The van der Waals surface area contributed by atoms with E-state index in [2.05, 4.69) is 15.5 Å². The fourth-order valence-corrected chi connectivity index (χ4v) is 1.29. The maximum Gasteiger partial charge on any atom is 0.272 e. The number of aromatic amines is 1. The highest BCUT2D eigenvalue weighted by Gasteiger charge is 2.16. The van der Waals surface area contributed by atoms with Gasteiger partial charge in [0.05, 0.1) is 13.2 Å². The molecule has 2 amide bonds. The molecule has 0 spiro atoms. The smallest absolute Gasteiger partial charge is 0.272 e. The summed E-state index contributed by atoms with van der Waals surface area (Å²) in [6, 6.07) is 1.42. The van der Waals surface area contributed by atoms with Crippen LogP contribution in [0.25, 0.3) is 0 Å². The van der Waals surface area contributed by atoms with E-state index in [9.17, 15) is 9.59 Å². The van der Waals surface area contributed by atoms with Crippen molar-refractivity contribution in [2.45, 2.75) is 0 Å². The molecule has 8 nitrogen and oxygen atoms in total. The Hall–Kier alpha value is -2.09. The zero-order valence-corrected chi connectivity index (χ0v) is 10.4. The lowest BCUT2D eigenvalue weighted by molar-refractivity contribution is -0.121. The summed E-state index contributed by atoms with van der Waals surface area (Å²) in [6.07, 6.45) is 0. The number of ether oxygens (including phenoxy) is 1. The van der Waals surface area contributed by atoms with Crippen LogP contribution in [0.2, 0.25) is 0 Å². The fourth-order valence-electron chi connectivity index (χ4n) is 1.29. The van der Waals surface area contributed by atoms with Gasteiger partial charge in [-0.2, -0.15) is 5.10 Å². The third-order valence-electron chi connectivity index (χ3n) is 2.18. The molecule has 0 fully saturated rings. The van der Waals surface area contributed by atoms with Crippen LogP contribution in [0.5, 0.6) is 0 Å². The Morgan fingerprint density at radius 3 is 2.89 bits per heavy atom. The molecule has 8 heteroatoms. The maximum absolute atomic E-state index is 11.8. The lowest BCUT2D eigenvalue weighted by Crippen LogP contribution is -2.39. The molecule has 18 heavy (non-hydrogen) atoms. The van der Waals surface area contributed by atoms with Gasteiger partial charge in [-0.05, 0) is 0 Å². The zero-order valence-electron chi connectivity index (χ0n) is 10.4. The average Bonchev–Trinajstić information content (AvgIpc) is 2.75. The van der Waals surface area contributed by atoms with Crippen LogP contribution >= 0.6 is 0 Å². The fraction of sp³-hybridized carbons (Fsp3) is 0.500. The molecule has 0 aromatic carbocycles. The van der Waals surface area contributed by atoms with E-state index in [1.165, 1.54) is 18.0 Å². The summed E-state index contributed by atoms with van der Waals surface area (Å²) in [5, 5.41) is 8.76. The molecule has 1 aromatic heterocycles. The number of amides is 2. The van der Waals surface area contributed by atoms with Crippen LogP contribution in [0.1, 0.15) is 10.5 Å². The number of hydrogen-bond donors (Lipinski definition) is 3. The van der Waals surface area contributed by atoms with Crippen molar-refractivity contribution < 1.29 is 14.3 Å². The number of nitrogen functional groups attached to an aromatic ring is 1. The van der Waals surface area contributed by atoms with Gasteiger partial charge in [-0.1, -0.05) is 0 Å². The zero-order chi connectivity index (χ0) is 13.5. The first-order chi connectivity index (χ1) is 8.54. The summed E-state index contributed by atoms with van der Waals surface area (Å²) in [6.45, 7) is 0.802. The van der Waals surface area contributed by atoms with Gasteiger partial charge >= 0.3 is 0 Å². The topological polar surface area (TPSA) is 113 Å². The molecule has 0 aliphatic carbocycles. The van der Waals surface area contributed by atoms with E-state index < -0.39 is 0 Å². The highest BCUT2D eigenvalue weighted by Crippen LogP contribution is 2.03. The number of rotatable bonds is 6. The van der Waals surface area contributed by atoms with Gasteiger partial charge in [-0.3, -0.25) is 14.7 Å². The molecule has 0 saturated heterocycles. The van der Waals surface area contributed by atoms with Crippen LogP contribution in [0, 0.1) is 0 Å². The normalized spacial score (nSPS) is 10.1. The van der Waals surface area contributed by atoms with E-state index in [0.29, 0.717) is 13.2 Å². The van der Waals surface area contributed by atoms with Crippen molar-refractivity contribution in [1.29, 1.82) is 0 Å². The van der Waals surface area contributed by atoms with Gasteiger partial charge in [0, 0.05) is 26.8 Å². The first-order valence-corrected chi connectivity index (χ1v) is 5.36. The predicted octanol–water partition coefficient (Wildman–Crippen LogP) is -1.17. The molecule has 1 heterocycles. The minimum atomic E-state index is -0.346. The van der Waals surface area contributed by atoms with Crippen LogP contribution < -0.4 is 11.1 Å². The maximum atomic E-state index is 11.8. The van der Waals surface area contributed by atoms with E-state index in [1.54, 1.807) is 7.11 Å². The molecule has 1 rings (SSSR count). The van der Waals surface area contributed by atoms with Crippen LogP contribution in [0.4, 0.5) is 5.82 Å². The van der Waals surface area contributed by atoms with Gasteiger partial charge in [0.25, 0.3) is 5.91 Å². The lowest BCUT2D eigenvalue weighted by atomic mass is 10.3. The first kappa shape index (κ1) is 14.0. The molecule has 0 saturated carbocycles. The summed E-state index contributed by atoms with van der Waals surface area (Å²) in [5.74, 6) is -0.368. The van der Waals surface area contributed by atoms with Crippen LogP contribution in [-0.4, -0.2) is 60.8 Å². The van der Waals surface area contributed by atoms with Crippen LogP contribution in [-0.2, 0) is 9.53 Å². The molecule has 0 aliphatic heterocycles. The second kappa shape index (κ2) is 6.60. The number of H-pyrrole nitrogens is 1. The molecule has 0 bridgehead atoms. The monoisotopic (exact) mass is 255 g/mol. The van der Waals surface area contributed by atoms with Crippen molar-refractivity contribution in [1.82, 2.24) is 20.4 Å². The summed E-state index contributed by atoms with van der Waals surface area (Å²) in [5.41, 5.74) is 5.64. The number of likely N-dealkylation sites (N-methyl/N-ethyl adjacent to an activating group) is 1. The second-order valence-corrected chi connectivity index (χ2v) is 3.71. The Morgan fingerprint density at radius 2 is 2.33 bits per heavy atom. The summed E-state index contributed by atoms with van der Waals surface area (Å²) < 4.78 is 4.79. The quantitative estimate of drug-likeness (QED) is 0.554. The molecule has 4 N–H and O–H groups in total. The molecule has 0 unspecified atom stereocenters. The lowest BCUT2D eigenvalue weighted by Gasteiger charge is -2.15. The Balaban J connectivity index is 2.42. The Bertz CT molecular complexity index is 417. The third-order valence-corrected chi connectivity index (χ3v) is 2.18. The van der Waals surface area contributed by atoms with Gasteiger partial charge < -0.3 is 20.7 Å². The van der Waals surface area contributed by atoms with E-state index in [0.717, 1.165) is 0 Å². The number of aromatic nitrogens is 2. The number of nitrogens with two attached hydrogens (primary N) is 1. The van der Waals surface area contributed by atoms with Gasteiger partial charge in [0.15, 0.2) is 0 Å². The Morgan fingerprint density at radius 1 is 1.61 bits per heavy atom. The van der Waals surface area contributed by atoms with Crippen molar-refractivity contribution in [2.24, 2.45) is 0 Å². The number of carbonyl (C=O) groups is 2. The molecule has 1 aromatic rings. The number of anilines is 1. The van der Waals surface area contributed by atoms with Crippen molar-refractivity contribution in [3.8, 4) is 0 Å². The number of carbonyl (C=O) groups excluding carboxylic acids is 2. The Kier molecular flexibility index (Phi) is 5.12. The van der Waals surface area contributed by atoms with Gasteiger partial charge in [0.1, 0.15) is 11.5 Å². The van der Waals surface area contributed by atoms with Crippen molar-refractivity contribution in [2.75, 3.05) is 39.6 Å². The highest BCUT2D eigenvalue weighted by atomic mass is 16.5. The molecule has 0 aliphatic rings. The predicted molar refractivity (Wildman–Crippen MR) is 64.8 cm³/mol. The van der Waals surface area contributed by atoms with Crippen molar-refractivity contribution >= 4 is 17.6 Å². The molecule has 0 atom stereocenters. The third kappa shape index (κ3) is 4.06. The largest absolute Gasteiger partial charge is 0.383 e. The summed E-state index contributed by atoms with van der Waals surface area (Å²) in [4.78, 5) is 24.5. The number of hydrogen-bond acceptors (Lipinski definition) is 5. The molecular formula is C10H17N5O3. The molecular weight excluding hydrogens is 238 g/mol. The highest BCUT2D eigenvalue weighted by molar-refractivity contribution is 5.95. The molecule has 0 radical (unpaired) electrons. The number of nitrogens with one attached hydrogen (secondary N) is 2. The van der Waals surface area contributed by atoms with Crippen LogP contribution in [0.3, 0.4) is 0 Å². The average molecular weight is 255 g/mol. The SMILES string of the molecule is COCCNC(=O)CN(C)C(=O)c1cc(N)n[nH]1. The van der Waals surface area contributed by atoms with Crippen molar-refractivity contribution in [3.05, 3.63) is 11.8 Å².